The van der Waals surface area contributed by atoms with Crippen molar-refractivity contribution in [3.05, 3.63) is 0 Å². The van der Waals surface area contributed by atoms with Crippen LogP contribution < -0.4 is 10.6 Å². The molecule has 2 aliphatic rings. The number of carbonyl (C=O) groups is 3. The van der Waals surface area contributed by atoms with Crippen LogP contribution in [0.3, 0.4) is 0 Å². The van der Waals surface area contributed by atoms with Crippen LogP contribution in [0.4, 0.5) is 0 Å². The van der Waals surface area contributed by atoms with E-state index in [1.165, 1.54) is 0 Å². The Morgan fingerprint density at radius 2 is 2.00 bits per heavy atom. The zero-order valence-corrected chi connectivity index (χ0v) is 9.85. The van der Waals surface area contributed by atoms with E-state index in [1.54, 1.807) is 0 Å². The molecule has 0 saturated carbocycles. The number of carboxylic acid groups (broad SMARTS) is 1. The van der Waals surface area contributed by atoms with E-state index in [4.69, 9.17) is 9.84 Å². The molecule has 3 atom stereocenters. The van der Waals surface area contributed by atoms with Crippen molar-refractivity contribution in [3.63, 3.8) is 0 Å². The SMILES string of the molecule is O=C1CCC(NC(=O)[C@@H]2CC[C@H](C(=O)O)O2)CN1. The molecule has 1 unspecified atom stereocenters. The van der Waals surface area contributed by atoms with Gasteiger partial charge in [0.15, 0.2) is 6.10 Å². The van der Waals surface area contributed by atoms with E-state index in [1.807, 2.05) is 0 Å². The molecule has 100 valence electrons. The summed E-state index contributed by atoms with van der Waals surface area (Å²) in [5.41, 5.74) is 0. The summed E-state index contributed by atoms with van der Waals surface area (Å²) in [5, 5.41) is 14.2. The van der Waals surface area contributed by atoms with Crippen molar-refractivity contribution in [3.8, 4) is 0 Å². The fraction of sp³-hybridized carbons (Fsp3) is 0.727. The van der Waals surface area contributed by atoms with E-state index >= 15 is 0 Å². The van der Waals surface area contributed by atoms with Gasteiger partial charge in [0.25, 0.3) is 0 Å². The van der Waals surface area contributed by atoms with Crippen LogP contribution in [0.5, 0.6) is 0 Å². The molecular formula is C11H16N2O5. The number of nitrogens with one attached hydrogen (secondary N) is 2. The van der Waals surface area contributed by atoms with Gasteiger partial charge in [0, 0.05) is 19.0 Å². The normalized spacial score (nSPS) is 31.8. The third kappa shape index (κ3) is 2.98. The highest BCUT2D eigenvalue weighted by Crippen LogP contribution is 2.20. The van der Waals surface area contributed by atoms with Crippen LogP contribution in [0.2, 0.25) is 0 Å². The third-order valence-electron chi connectivity index (χ3n) is 3.20. The van der Waals surface area contributed by atoms with Crippen LogP contribution in [-0.2, 0) is 19.1 Å². The van der Waals surface area contributed by atoms with Crippen LogP contribution in [0.25, 0.3) is 0 Å². The number of carbonyl (C=O) groups excluding carboxylic acids is 2. The fourth-order valence-electron chi connectivity index (χ4n) is 2.16. The molecule has 2 fully saturated rings. The molecule has 0 aromatic heterocycles. The molecule has 7 heteroatoms. The average Bonchev–Trinajstić information content (AvgIpc) is 2.81. The average molecular weight is 256 g/mol. The molecule has 7 nitrogen and oxygen atoms in total. The van der Waals surface area contributed by atoms with Gasteiger partial charge in [-0.3, -0.25) is 9.59 Å². The van der Waals surface area contributed by atoms with Crippen LogP contribution in [0.1, 0.15) is 25.7 Å². The van der Waals surface area contributed by atoms with Crippen LogP contribution in [0.15, 0.2) is 0 Å². The lowest BCUT2D eigenvalue weighted by Gasteiger charge is -2.24. The van der Waals surface area contributed by atoms with Crippen molar-refractivity contribution in [2.24, 2.45) is 0 Å². The number of rotatable bonds is 3. The third-order valence-corrected chi connectivity index (χ3v) is 3.20. The van der Waals surface area contributed by atoms with Gasteiger partial charge < -0.3 is 20.5 Å². The predicted octanol–water partition coefficient (Wildman–Crippen LogP) is -0.987. The van der Waals surface area contributed by atoms with Crippen LogP contribution in [-0.4, -0.2) is 47.7 Å². The minimum absolute atomic E-state index is 0.0106. The van der Waals surface area contributed by atoms with Gasteiger partial charge in [0.2, 0.25) is 11.8 Å². The van der Waals surface area contributed by atoms with Gasteiger partial charge in [-0.2, -0.15) is 0 Å². The number of piperidine rings is 1. The molecule has 0 aromatic carbocycles. The Balaban J connectivity index is 1.78. The maximum absolute atomic E-state index is 11.8. The van der Waals surface area contributed by atoms with E-state index in [0.717, 1.165) is 0 Å². The van der Waals surface area contributed by atoms with Crippen LogP contribution >= 0.6 is 0 Å². The Kier molecular flexibility index (Phi) is 3.81. The molecular weight excluding hydrogens is 240 g/mol. The highest BCUT2D eigenvalue weighted by molar-refractivity contribution is 5.83. The summed E-state index contributed by atoms with van der Waals surface area (Å²) in [6.07, 6.45) is 0.202. The quantitative estimate of drug-likeness (QED) is 0.601. The van der Waals surface area contributed by atoms with Crippen molar-refractivity contribution in [1.29, 1.82) is 0 Å². The Morgan fingerprint density at radius 1 is 1.28 bits per heavy atom. The van der Waals surface area contributed by atoms with E-state index in [2.05, 4.69) is 10.6 Å². The summed E-state index contributed by atoms with van der Waals surface area (Å²) in [4.78, 5) is 33.5. The minimum atomic E-state index is -1.03. The lowest BCUT2D eigenvalue weighted by Crippen LogP contribution is -2.50. The smallest absolute Gasteiger partial charge is 0.332 e. The molecule has 2 aliphatic heterocycles. The van der Waals surface area contributed by atoms with E-state index < -0.39 is 18.2 Å². The first-order valence-corrected chi connectivity index (χ1v) is 6.01. The van der Waals surface area contributed by atoms with E-state index in [0.29, 0.717) is 32.2 Å². The number of amides is 2. The maximum atomic E-state index is 11.8. The van der Waals surface area contributed by atoms with E-state index in [9.17, 15) is 14.4 Å². The maximum Gasteiger partial charge on any atom is 0.332 e. The second kappa shape index (κ2) is 5.34. The van der Waals surface area contributed by atoms with Gasteiger partial charge >= 0.3 is 5.97 Å². The second-order valence-electron chi connectivity index (χ2n) is 4.58. The van der Waals surface area contributed by atoms with Crippen molar-refractivity contribution in [1.82, 2.24) is 10.6 Å². The molecule has 3 N–H and O–H groups in total. The lowest BCUT2D eigenvalue weighted by molar-refractivity contribution is -0.152. The van der Waals surface area contributed by atoms with Crippen molar-refractivity contribution < 1.29 is 24.2 Å². The van der Waals surface area contributed by atoms with E-state index in [-0.39, 0.29) is 17.9 Å². The predicted molar refractivity (Wildman–Crippen MR) is 59.7 cm³/mol. The first-order valence-electron chi connectivity index (χ1n) is 6.01. The zero-order chi connectivity index (χ0) is 13.1. The molecule has 0 spiro atoms. The topological polar surface area (TPSA) is 105 Å². The van der Waals surface area contributed by atoms with Crippen LogP contribution in [0, 0.1) is 0 Å². The Hall–Kier alpha value is -1.63. The Morgan fingerprint density at radius 3 is 2.56 bits per heavy atom. The van der Waals surface area contributed by atoms with Crippen molar-refractivity contribution in [2.45, 2.75) is 43.9 Å². The Labute approximate surface area is 104 Å². The van der Waals surface area contributed by atoms with Gasteiger partial charge in [-0.15, -0.1) is 0 Å². The fourth-order valence-corrected chi connectivity index (χ4v) is 2.16. The standard InChI is InChI=1S/C11H16N2O5/c14-9-4-1-6(5-12-9)13-10(15)7-2-3-8(18-7)11(16)17/h6-8H,1-5H2,(H,12,14)(H,13,15)(H,16,17)/t6?,7-,8+/m0/s1. The second-order valence-corrected chi connectivity index (χ2v) is 4.58. The Bertz CT molecular complexity index is 360. The number of carboxylic acids is 1. The summed E-state index contributed by atoms with van der Waals surface area (Å²) in [7, 11) is 0. The highest BCUT2D eigenvalue weighted by Gasteiger charge is 2.35. The molecule has 18 heavy (non-hydrogen) atoms. The monoisotopic (exact) mass is 256 g/mol. The minimum Gasteiger partial charge on any atom is -0.479 e. The highest BCUT2D eigenvalue weighted by atomic mass is 16.5. The summed E-state index contributed by atoms with van der Waals surface area (Å²) >= 11 is 0. The van der Waals surface area contributed by atoms with Gasteiger partial charge in [-0.05, 0) is 19.3 Å². The molecule has 0 aromatic rings. The number of hydrogen-bond donors (Lipinski definition) is 3. The summed E-state index contributed by atoms with van der Waals surface area (Å²) in [6.45, 7) is 0.416. The van der Waals surface area contributed by atoms with Gasteiger partial charge in [0.1, 0.15) is 6.10 Å². The van der Waals surface area contributed by atoms with Gasteiger partial charge in [0.05, 0.1) is 0 Å². The number of ether oxygens (including phenoxy) is 1. The van der Waals surface area contributed by atoms with Crippen molar-refractivity contribution >= 4 is 17.8 Å². The summed E-state index contributed by atoms with van der Waals surface area (Å²) in [5.74, 6) is -1.33. The van der Waals surface area contributed by atoms with Crippen molar-refractivity contribution in [2.75, 3.05) is 6.54 Å². The molecule has 2 rings (SSSR count). The largest absolute Gasteiger partial charge is 0.479 e. The first-order chi connectivity index (χ1) is 8.56. The van der Waals surface area contributed by atoms with Gasteiger partial charge in [-0.1, -0.05) is 0 Å². The summed E-state index contributed by atoms with van der Waals surface area (Å²) < 4.78 is 5.15. The lowest BCUT2D eigenvalue weighted by atomic mass is 10.1. The zero-order valence-electron chi connectivity index (χ0n) is 9.85. The summed E-state index contributed by atoms with van der Waals surface area (Å²) in [6, 6.07) is -0.0947. The number of aliphatic carboxylic acids is 1. The van der Waals surface area contributed by atoms with Gasteiger partial charge in [-0.25, -0.2) is 4.79 Å². The molecule has 0 bridgehead atoms. The molecule has 2 heterocycles. The molecule has 0 radical (unpaired) electrons. The first kappa shape index (κ1) is 12.8. The molecule has 2 amide bonds. The molecule has 2 saturated heterocycles. The number of hydrogen-bond acceptors (Lipinski definition) is 4. The molecule has 0 aliphatic carbocycles.